The standard InChI is InChI=1S/C15H22Cl2N2O2/c1-10(2)15(21)18-6-7-19(3)9-14(20)12-5-4-11(16)8-13(12)17/h4-5,8,10,14,20H,6-7,9H2,1-3H3,(H,18,21). The van der Waals surface area contributed by atoms with E-state index in [1.165, 1.54) is 0 Å². The van der Waals surface area contributed by atoms with Gasteiger partial charge < -0.3 is 15.3 Å². The summed E-state index contributed by atoms with van der Waals surface area (Å²) in [5.41, 5.74) is 0.652. The molecule has 0 radical (unpaired) electrons. The second-order valence-electron chi connectivity index (χ2n) is 5.39. The summed E-state index contributed by atoms with van der Waals surface area (Å²) in [5, 5.41) is 14.0. The number of likely N-dealkylation sites (N-methyl/N-ethyl adjacent to an activating group) is 1. The molecular formula is C15H22Cl2N2O2. The van der Waals surface area contributed by atoms with Crippen molar-refractivity contribution in [2.45, 2.75) is 20.0 Å². The fourth-order valence-corrected chi connectivity index (χ4v) is 2.37. The van der Waals surface area contributed by atoms with Gasteiger partial charge in [0.1, 0.15) is 0 Å². The molecule has 6 heteroatoms. The molecule has 1 unspecified atom stereocenters. The van der Waals surface area contributed by atoms with E-state index in [1.54, 1.807) is 18.2 Å². The number of aliphatic hydroxyl groups is 1. The van der Waals surface area contributed by atoms with Crippen LogP contribution in [0, 0.1) is 5.92 Å². The first kappa shape index (κ1) is 18.2. The third-order valence-corrected chi connectivity index (χ3v) is 3.69. The van der Waals surface area contributed by atoms with Gasteiger partial charge in [-0.05, 0) is 19.2 Å². The molecule has 0 heterocycles. The van der Waals surface area contributed by atoms with Gasteiger partial charge in [0.05, 0.1) is 6.10 Å². The molecule has 0 aromatic heterocycles. The highest BCUT2D eigenvalue weighted by molar-refractivity contribution is 6.35. The lowest BCUT2D eigenvalue weighted by Crippen LogP contribution is -2.36. The molecule has 0 aliphatic rings. The second kappa shape index (κ2) is 8.59. The summed E-state index contributed by atoms with van der Waals surface area (Å²) < 4.78 is 0. The summed E-state index contributed by atoms with van der Waals surface area (Å²) in [5.74, 6) is 0.0125. The van der Waals surface area contributed by atoms with Crippen LogP contribution in [-0.2, 0) is 4.79 Å². The Bertz CT molecular complexity index is 481. The number of rotatable bonds is 7. The van der Waals surface area contributed by atoms with Gasteiger partial charge in [0.15, 0.2) is 0 Å². The molecule has 0 aliphatic carbocycles. The third kappa shape index (κ3) is 6.22. The predicted octanol–water partition coefficient (Wildman–Crippen LogP) is 2.73. The summed E-state index contributed by atoms with van der Waals surface area (Å²) in [6, 6.07) is 5.04. The Balaban J connectivity index is 2.43. The molecule has 1 amide bonds. The monoisotopic (exact) mass is 332 g/mol. The molecule has 0 bridgehead atoms. The van der Waals surface area contributed by atoms with Gasteiger partial charge in [0, 0.05) is 41.2 Å². The van der Waals surface area contributed by atoms with Crippen LogP contribution in [0.25, 0.3) is 0 Å². The van der Waals surface area contributed by atoms with Crippen molar-refractivity contribution < 1.29 is 9.90 Å². The van der Waals surface area contributed by atoms with E-state index < -0.39 is 6.10 Å². The second-order valence-corrected chi connectivity index (χ2v) is 6.23. The smallest absolute Gasteiger partial charge is 0.222 e. The van der Waals surface area contributed by atoms with Crippen molar-refractivity contribution in [2.75, 3.05) is 26.7 Å². The summed E-state index contributed by atoms with van der Waals surface area (Å²) in [4.78, 5) is 13.4. The van der Waals surface area contributed by atoms with Crippen molar-refractivity contribution in [1.82, 2.24) is 10.2 Å². The highest BCUT2D eigenvalue weighted by Crippen LogP contribution is 2.26. The Morgan fingerprint density at radius 3 is 2.62 bits per heavy atom. The van der Waals surface area contributed by atoms with E-state index in [-0.39, 0.29) is 11.8 Å². The SMILES string of the molecule is CC(C)C(=O)NCCN(C)CC(O)c1ccc(Cl)cc1Cl. The number of hydrogen-bond acceptors (Lipinski definition) is 3. The first-order chi connectivity index (χ1) is 9.81. The lowest BCUT2D eigenvalue weighted by molar-refractivity contribution is -0.124. The first-order valence-corrected chi connectivity index (χ1v) is 7.66. The van der Waals surface area contributed by atoms with Gasteiger partial charge in [-0.2, -0.15) is 0 Å². The molecular weight excluding hydrogens is 311 g/mol. The van der Waals surface area contributed by atoms with Gasteiger partial charge in [-0.15, -0.1) is 0 Å². The molecule has 1 rings (SSSR count). The molecule has 1 aromatic rings. The van der Waals surface area contributed by atoms with Crippen molar-refractivity contribution in [1.29, 1.82) is 0 Å². The summed E-state index contributed by atoms with van der Waals surface area (Å²) in [7, 11) is 1.88. The molecule has 2 N–H and O–H groups in total. The van der Waals surface area contributed by atoms with Gasteiger partial charge in [0.25, 0.3) is 0 Å². The molecule has 1 aromatic carbocycles. The van der Waals surface area contributed by atoms with Crippen molar-refractivity contribution in [3.05, 3.63) is 33.8 Å². The molecule has 1 atom stereocenters. The van der Waals surface area contributed by atoms with E-state index in [0.29, 0.717) is 35.2 Å². The van der Waals surface area contributed by atoms with Gasteiger partial charge in [0.2, 0.25) is 5.91 Å². The van der Waals surface area contributed by atoms with E-state index in [0.717, 1.165) is 0 Å². The molecule has 0 fully saturated rings. The molecule has 4 nitrogen and oxygen atoms in total. The highest BCUT2D eigenvalue weighted by Gasteiger charge is 2.14. The maximum Gasteiger partial charge on any atom is 0.222 e. The van der Waals surface area contributed by atoms with Crippen molar-refractivity contribution in [3.63, 3.8) is 0 Å². The van der Waals surface area contributed by atoms with Crippen LogP contribution < -0.4 is 5.32 Å². The first-order valence-electron chi connectivity index (χ1n) is 6.90. The molecule has 0 aliphatic heterocycles. The van der Waals surface area contributed by atoms with Crippen LogP contribution in [0.5, 0.6) is 0 Å². The zero-order chi connectivity index (χ0) is 16.0. The Kier molecular flexibility index (Phi) is 7.46. The fraction of sp³-hybridized carbons (Fsp3) is 0.533. The van der Waals surface area contributed by atoms with E-state index in [4.69, 9.17) is 23.2 Å². The minimum absolute atomic E-state index is 0.0197. The summed E-state index contributed by atoms with van der Waals surface area (Å²) in [6.45, 7) is 5.34. The van der Waals surface area contributed by atoms with Gasteiger partial charge in [-0.25, -0.2) is 0 Å². The number of hydrogen-bond donors (Lipinski definition) is 2. The molecule has 0 spiro atoms. The van der Waals surface area contributed by atoms with Crippen LogP contribution in [0.2, 0.25) is 10.0 Å². The van der Waals surface area contributed by atoms with E-state index in [9.17, 15) is 9.90 Å². The molecule has 0 saturated heterocycles. The Morgan fingerprint density at radius 1 is 1.38 bits per heavy atom. The lowest BCUT2D eigenvalue weighted by Gasteiger charge is -2.22. The quantitative estimate of drug-likeness (QED) is 0.807. The average molecular weight is 333 g/mol. The van der Waals surface area contributed by atoms with E-state index >= 15 is 0 Å². The highest BCUT2D eigenvalue weighted by atomic mass is 35.5. The minimum atomic E-state index is -0.694. The third-order valence-electron chi connectivity index (χ3n) is 3.12. The number of carbonyl (C=O) groups excluding carboxylic acids is 1. The van der Waals surface area contributed by atoms with Crippen molar-refractivity contribution >= 4 is 29.1 Å². The number of nitrogens with zero attached hydrogens (tertiary/aromatic N) is 1. The van der Waals surface area contributed by atoms with Gasteiger partial charge in [-0.1, -0.05) is 43.1 Å². The van der Waals surface area contributed by atoms with E-state index in [2.05, 4.69) is 5.32 Å². The predicted molar refractivity (Wildman–Crippen MR) is 86.8 cm³/mol. The van der Waals surface area contributed by atoms with Crippen LogP contribution >= 0.6 is 23.2 Å². The van der Waals surface area contributed by atoms with Gasteiger partial charge >= 0.3 is 0 Å². The number of carbonyl (C=O) groups is 1. The lowest BCUT2D eigenvalue weighted by atomic mass is 10.1. The molecule has 21 heavy (non-hydrogen) atoms. The molecule has 118 valence electrons. The maximum absolute atomic E-state index is 11.4. The van der Waals surface area contributed by atoms with Crippen LogP contribution in [-0.4, -0.2) is 42.6 Å². The fourth-order valence-electron chi connectivity index (χ4n) is 1.83. The van der Waals surface area contributed by atoms with Crippen molar-refractivity contribution in [2.24, 2.45) is 5.92 Å². The topological polar surface area (TPSA) is 52.6 Å². The Morgan fingerprint density at radius 2 is 2.05 bits per heavy atom. The van der Waals surface area contributed by atoms with Crippen molar-refractivity contribution in [3.8, 4) is 0 Å². The van der Waals surface area contributed by atoms with Crippen LogP contribution in [0.1, 0.15) is 25.5 Å². The number of halogens is 2. The summed E-state index contributed by atoms with van der Waals surface area (Å²) in [6.07, 6.45) is -0.694. The van der Waals surface area contributed by atoms with Crippen LogP contribution in [0.4, 0.5) is 0 Å². The van der Waals surface area contributed by atoms with Crippen LogP contribution in [0.15, 0.2) is 18.2 Å². The summed E-state index contributed by atoms with van der Waals surface area (Å²) >= 11 is 11.9. The Labute approximate surface area is 136 Å². The maximum atomic E-state index is 11.4. The van der Waals surface area contributed by atoms with Gasteiger partial charge in [-0.3, -0.25) is 4.79 Å². The Hall–Kier alpha value is -0.810. The normalized spacial score (nSPS) is 12.8. The number of benzene rings is 1. The number of nitrogens with one attached hydrogen (secondary N) is 1. The zero-order valence-electron chi connectivity index (χ0n) is 12.6. The zero-order valence-corrected chi connectivity index (χ0v) is 14.1. The van der Waals surface area contributed by atoms with E-state index in [1.807, 2.05) is 25.8 Å². The largest absolute Gasteiger partial charge is 0.387 e. The average Bonchev–Trinajstić information content (AvgIpc) is 2.37. The number of amides is 1. The van der Waals surface area contributed by atoms with Crippen LogP contribution in [0.3, 0.4) is 0 Å². The minimum Gasteiger partial charge on any atom is -0.387 e. The number of aliphatic hydroxyl groups excluding tert-OH is 1. The molecule has 0 saturated carbocycles.